The zero-order valence-electron chi connectivity index (χ0n) is 17.9. The van der Waals surface area contributed by atoms with E-state index in [1.54, 1.807) is 31.2 Å². The Hall–Kier alpha value is -2.40. The molecule has 0 amide bonds. The average Bonchev–Trinajstić information content (AvgIpc) is 2.75. The van der Waals surface area contributed by atoms with E-state index in [9.17, 15) is 8.78 Å². The van der Waals surface area contributed by atoms with Gasteiger partial charge in [0.25, 0.3) is 0 Å². The highest BCUT2D eigenvalue weighted by Crippen LogP contribution is 2.47. The molecule has 0 spiro atoms. The summed E-state index contributed by atoms with van der Waals surface area (Å²) in [4.78, 5) is 0. The van der Waals surface area contributed by atoms with Gasteiger partial charge in [-0.1, -0.05) is 36.1 Å². The molecule has 2 aromatic carbocycles. The maximum absolute atomic E-state index is 14.7. The van der Waals surface area contributed by atoms with Crippen LogP contribution in [-0.2, 0) is 0 Å². The Kier molecular flexibility index (Phi) is 6.38. The van der Waals surface area contributed by atoms with E-state index in [1.807, 2.05) is 6.07 Å². The average molecular weight is 405 g/mol. The molecule has 0 aliphatic heterocycles. The minimum absolute atomic E-state index is 0.272. The summed E-state index contributed by atoms with van der Waals surface area (Å²) >= 11 is 0. The molecule has 0 bridgehead atoms. The van der Waals surface area contributed by atoms with E-state index in [1.165, 1.54) is 38.2 Å². The smallest absolute Gasteiger partial charge is 0.139 e. The van der Waals surface area contributed by atoms with Crippen molar-refractivity contribution >= 4 is 0 Å². The van der Waals surface area contributed by atoms with Crippen molar-refractivity contribution in [2.75, 3.05) is 0 Å². The highest BCUT2D eigenvalue weighted by Gasteiger charge is 2.35. The summed E-state index contributed by atoms with van der Waals surface area (Å²) in [6.07, 6.45) is 12.1. The van der Waals surface area contributed by atoms with Crippen molar-refractivity contribution in [3.05, 3.63) is 82.4 Å². The molecule has 30 heavy (non-hydrogen) atoms. The van der Waals surface area contributed by atoms with Gasteiger partial charge in [-0.2, -0.15) is 0 Å². The Bertz CT molecular complexity index is 991. The summed E-state index contributed by atoms with van der Waals surface area (Å²) in [6, 6.07) is 10.4. The minimum atomic E-state index is -0.284. The Balaban J connectivity index is 1.44. The summed E-state index contributed by atoms with van der Waals surface area (Å²) in [5.41, 5.74) is 2.63. The third kappa shape index (κ3) is 4.67. The largest absolute Gasteiger partial charge is 0.207 e. The van der Waals surface area contributed by atoms with Gasteiger partial charge < -0.3 is 0 Å². The topological polar surface area (TPSA) is 0 Å². The lowest BCUT2D eigenvalue weighted by molar-refractivity contribution is 0.133. The molecule has 0 heterocycles. The second-order valence-electron chi connectivity index (χ2n) is 9.08. The molecule has 2 fully saturated rings. The highest BCUT2D eigenvalue weighted by atomic mass is 19.1. The molecule has 0 saturated heterocycles. The van der Waals surface area contributed by atoms with Crippen LogP contribution >= 0.6 is 0 Å². The van der Waals surface area contributed by atoms with Crippen LogP contribution in [0.2, 0.25) is 0 Å². The highest BCUT2D eigenvalue weighted by molar-refractivity contribution is 5.45. The Labute approximate surface area is 179 Å². The van der Waals surface area contributed by atoms with Gasteiger partial charge in [0, 0.05) is 5.56 Å². The molecule has 156 valence electrons. The Morgan fingerprint density at radius 2 is 1.67 bits per heavy atom. The lowest BCUT2D eigenvalue weighted by Crippen LogP contribution is -2.30. The molecule has 2 heteroatoms. The monoisotopic (exact) mass is 404 g/mol. The van der Waals surface area contributed by atoms with Crippen LogP contribution in [0.15, 0.2) is 48.6 Å². The zero-order chi connectivity index (χ0) is 21.1. The predicted octanol–water partition coefficient (Wildman–Crippen LogP) is 7.55. The maximum Gasteiger partial charge on any atom is 0.139 e. The lowest BCUT2D eigenvalue weighted by atomic mass is 9.64. The molecule has 0 nitrogen and oxygen atoms in total. The van der Waals surface area contributed by atoms with E-state index in [0.717, 1.165) is 29.7 Å². The van der Waals surface area contributed by atoms with E-state index in [0.29, 0.717) is 22.6 Å². The standard InChI is InChI=1S/C28H30F2/c1-3-4-20-8-10-24-17-25(14-13-23(24)15-20)26-12-11-22(28(30)18-26)9-7-21-6-5-19(2)27(29)16-21/h3-6,11-12,16,18,20,23-25H,8,10,13-15,17H2,1-2H3/b4-3+. The van der Waals surface area contributed by atoms with Crippen molar-refractivity contribution < 1.29 is 8.78 Å². The number of allylic oxidation sites excluding steroid dienone is 2. The lowest BCUT2D eigenvalue weighted by Gasteiger charge is -2.41. The van der Waals surface area contributed by atoms with Crippen molar-refractivity contribution in [3.63, 3.8) is 0 Å². The van der Waals surface area contributed by atoms with Crippen molar-refractivity contribution in [1.82, 2.24) is 0 Å². The number of hydrogen-bond donors (Lipinski definition) is 0. The van der Waals surface area contributed by atoms with E-state index in [-0.39, 0.29) is 11.6 Å². The van der Waals surface area contributed by atoms with Crippen LogP contribution in [0.4, 0.5) is 8.78 Å². The molecule has 2 aliphatic rings. The first kappa shape index (κ1) is 20.9. The van der Waals surface area contributed by atoms with Crippen LogP contribution in [0.5, 0.6) is 0 Å². The Morgan fingerprint density at radius 1 is 0.867 bits per heavy atom. The van der Waals surface area contributed by atoms with Gasteiger partial charge in [0.15, 0.2) is 0 Å². The first-order valence-corrected chi connectivity index (χ1v) is 11.2. The summed E-state index contributed by atoms with van der Waals surface area (Å²) in [5, 5.41) is 0. The number of rotatable bonds is 2. The fourth-order valence-electron chi connectivity index (χ4n) is 5.37. The van der Waals surface area contributed by atoms with E-state index in [2.05, 4.69) is 30.9 Å². The fraction of sp³-hybridized carbons (Fsp3) is 0.429. The van der Waals surface area contributed by atoms with E-state index < -0.39 is 0 Å². The molecular weight excluding hydrogens is 374 g/mol. The molecule has 4 atom stereocenters. The van der Waals surface area contributed by atoms with Gasteiger partial charge in [-0.05, 0) is 111 Å². The first-order valence-electron chi connectivity index (χ1n) is 11.2. The normalized spacial score (nSPS) is 26.1. The number of hydrogen-bond acceptors (Lipinski definition) is 0. The number of aryl methyl sites for hydroxylation is 1. The maximum atomic E-state index is 14.7. The number of benzene rings is 2. The first-order chi connectivity index (χ1) is 14.5. The molecule has 4 unspecified atom stereocenters. The number of halogens is 2. The van der Waals surface area contributed by atoms with Crippen LogP contribution in [0.1, 0.15) is 73.6 Å². The third-order valence-electron chi connectivity index (χ3n) is 7.10. The summed E-state index contributed by atoms with van der Waals surface area (Å²) in [6.45, 7) is 3.83. The van der Waals surface area contributed by atoms with Crippen molar-refractivity contribution in [2.45, 2.75) is 58.3 Å². The minimum Gasteiger partial charge on any atom is -0.207 e. The number of fused-ring (bicyclic) bond motifs is 1. The van der Waals surface area contributed by atoms with Crippen molar-refractivity contribution in [2.24, 2.45) is 17.8 Å². The second kappa shape index (κ2) is 9.17. The molecule has 0 aromatic heterocycles. The predicted molar refractivity (Wildman–Crippen MR) is 119 cm³/mol. The van der Waals surface area contributed by atoms with Crippen molar-refractivity contribution in [1.29, 1.82) is 0 Å². The zero-order valence-corrected chi connectivity index (χ0v) is 17.9. The van der Waals surface area contributed by atoms with Crippen LogP contribution in [-0.4, -0.2) is 0 Å². The van der Waals surface area contributed by atoms with Crippen molar-refractivity contribution in [3.8, 4) is 11.8 Å². The molecule has 4 rings (SSSR count). The molecule has 2 saturated carbocycles. The fourth-order valence-corrected chi connectivity index (χ4v) is 5.37. The summed E-state index contributed by atoms with van der Waals surface area (Å²) < 4.78 is 28.4. The molecule has 2 aromatic rings. The Morgan fingerprint density at radius 3 is 2.43 bits per heavy atom. The van der Waals surface area contributed by atoms with Gasteiger partial charge in [-0.25, -0.2) is 8.78 Å². The van der Waals surface area contributed by atoms with E-state index in [4.69, 9.17) is 0 Å². The van der Waals surface area contributed by atoms with Gasteiger partial charge in [-0.15, -0.1) is 0 Å². The molecule has 0 radical (unpaired) electrons. The molecule has 2 aliphatic carbocycles. The third-order valence-corrected chi connectivity index (χ3v) is 7.10. The van der Waals surface area contributed by atoms with Gasteiger partial charge in [-0.3, -0.25) is 0 Å². The van der Waals surface area contributed by atoms with Crippen LogP contribution in [0.3, 0.4) is 0 Å². The quantitative estimate of drug-likeness (QED) is 0.358. The second-order valence-corrected chi connectivity index (χ2v) is 9.08. The summed E-state index contributed by atoms with van der Waals surface area (Å²) in [7, 11) is 0. The van der Waals surface area contributed by atoms with Crippen LogP contribution in [0, 0.1) is 48.2 Å². The van der Waals surface area contributed by atoms with Crippen LogP contribution < -0.4 is 0 Å². The van der Waals surface area contributed by atoms with E-state index >= 15 is 0 Å². The summed E-state index contributed by atoms with van der Waals surface area (Å²) in [5.74, 6) is 8.02. The van der Waals surface area contributed by atoms with Gasteiger partial charge >= 0.3 is 0 Å². The SMILES string of the molecule is C/C=C/C1CCC2CC(c3ccc(C#Cc4ccc(C)c(F)c4)c(F)c3)CCC2C1. The van der Waals surface area contributed by atoms with Gasteiger partial charge in [0.2, 0.25) is 0 Å². The van der Waals surface area contributed by atoms with Crippen LogP contribution in [0.25, 0.3) is 0 Å². The molecular formula is C28H30F2. The molecule has 0 N–H and O–H groups in total. The van der Waals surface area contributed by atoms with Gasteiger partial charge in [0.05, 0.1) is 5.56 Å². The van der Waals surface area contributed by atoms with Gasteiger partial charge in [0.1, 0.15) is 11.6 Å².